The lowest BCUT2D eigenvalue weighted by Gasteiger charge is -2.07. The van der Waals surface area contributed by atoms with Crippen molar-refractivity contribution in [3.8, 4) is 0 Å². The number of hydrogen-bond donors (Lipinski definition) is 1. The van der Waals surface area contributed by atoms with Crippen LogP contribution in [0.3, 0.4) is 0 Å². The standard InChI is InChI=1S/C12H12BrNO3/c1-17-11(15)5-8-4-7-2-3-9(13)6-10(7)12(8)14-16/h2-3,6,8,16H,4-5H2,1H3/b14-12+. The monoisotopic (exact) mass is 297 g/mol. The molecular formula is C12H12BrNO3. The first-order chi connectivity index (χ1) is 8.15. The summed E-state index contributed by atoms with van der Waals surface area (Å²) in [5.41, 5.74) is 2.55. The third-order valence-electron chi connectivity index (χ3n) is 2.95. The Morgan fingerprint density at radius 2 is 2.41 bits per heavy atom. The number of benzene rings is 1. The molecule has 0 fully saturated rings. The first-order valence-electron chi connectivity index (χ1n) is 5.23. The molecule has 0 saturated carbocycles. The summed E-state index contributed by atoms with van der Waals surface area (Å²) in [6.07, 6.45) is 0.944. The Morgan fingerprint density at radius 3 is 3.06 bits per heavy atom. The van der Waals surface area contributed by atoms with Gasteiger partial charge in [-0.2, -0.15) is 0 Å². The second-order valence-electron chi connectivity index (χ2n) is 3.97. The van der Waals surface area contributed by atoms with Gasteiger partial charge in [0.1, 0.15) is 0 Å². The molecule has 1 aromatic rings. The van der Waals surface area contributed by atoms with Crippen LogP contribution >= 0.6 is 15.9 Å². The zero-order chi connectivity index (χ0) is 12.4. The summed E-state index contributed by atoms with van der Waals surface area (Å²) in [6.45, 7) is 0. The van der Waals surface area contributed by atoms with Crippen LogP contribution in [0.25, 0.3) is 0 Å². The van der Waals surface area contributed by atoms with E-state index >= 15 is 0 Å². The van der Waals surface area contributed by atoms with Gasteiger partial charge in [0.05, 0.1) is 19.2 Å². The number of carbonyl (C=O) groups is 1. The molecule has 0 aliphatic heterocycles. The second-order valence-corrected chi connectivity index (χ2v) is 4.88. The minimum atomic E-state index is -0.289. The van der Waals surface area contributed by atoms with Crippen LogP contribution in [0.1, 0.15) is 17.5 Å². The van der Waals surface area contributed by atoms with Crippen molar-refractivity contribution >= 4 is 27.6 Å². The first-order valence-corrected chi connectivity index (χ1v) is 6.02. The SMILES string of the molecule is COC(=O)CC1Cc2ccc(Br)cc2/C1=N/O. The number of carbonyl (C=O) groups excluding carboxylic acids is 1. The number of ether oxygens (including phenoxy) is 1. The lowest BCUT2D eigenvalue weighted by atomic mass is 10.0. The van der Waals surface area contributed by atoms with Gasteiger partial charge in [-0.3, -0.25) is 4.79 Å². The minimum Gasteiger partial charge on any atom is -0.469 e. The highest BCUT2D eigenvalue weighted by molar-refractivity contribution is 9.10. The van der Waals surface area contributed by atoms with E-state index in [1.165, 1.54) is 7.11 Å². The van der Waals surface area contributed by atoms with Crippen molar-refractivity contribution < 1.29 is 14.7 Å². The number of hydrogen-bond acceptors (Lipinski definition) is 4. The maximum absolute atomic E-state index is 11.3. The van der Waals surface area contributed by atoms with Gasteiger partial charge in [0.15, 0.2) is 0 Å². The van der Waals surface area contributed by atoms with Crippen LogP contribution in [0.15, 0.2) is 27.8 Å². The van der Waals surface area contributed by atoms with Crippen molar-refractivity contribution in [2.45, 2.75) is 12.8 Å². The van der Waals surface area contributed by atoms with Crippen LogP contribution in [0.5, 0.6) is 0 Å². The van der Waals surface area contributed by atoms with E-state index in [0.29, 0.717) is 12.1 Å². The first kappa shape index (κ1) is 12.1. The number of nitrogens with zero attached hydrogens (tertiary/aromatic N) is 1. The molecule has 0 amide bonds. The Morgan fingerprint density at radius 1 is 1.65 bits per heavy atom. The van der Waals surface area contributed by atoms with Crippen LogP contribution in [0.2, 0.25) is 0 Å². The Bertz CT molecular complexity index is 485. The molecular weight excluding hydrogens is 286 g/mol. The third kappa shape index (κ3) is 2.34. The van der Waals surface area contributed by atoms with Crippen LogP contribution in [-0.4, -0.2) is 24.0 Å². The van der Waals surface area contributed by atoms with Crippen LogP contribution in [0.4, 0.5) is 0 Å². The summed E-state index contributed by atoms with van der Waals surface area (Å²) in [5.74, 6) is -0.389. The summed E-state index contributed by atoms with van der Waals surface area (Å²) >= 11 is 3.38. The van der Waals surface area contributed by atoms with Crippen LogP contribution < -0.4 is 0 Å². The fraction of sp³-hybridized carbons (Fsp3) is 0.333. The number of methoxy groups -OCH3 is 1. The quantitative estimate of drug-likeness (QED) is 0.518. The van der Waals surface area contributed by atoms with Crippen molar-refractivity contribution in [3.63, 3.8) is 0 Å². The molecule has 0 bridgehead atoms. The fourth-order valence-electron chi connectivity index (χ4n) is 2.14. The second kappa shape index (κ2) is 4.87. The maximum Gasteiger partial charge on any atom is 0.306 e. The average molecular weight is 298 g/mol. The minimum absolute atomic E-state index is 0.100. The summed E-state index contributed by atoms with van der Waals surface area (Å²) in [7, 11) is 1.36. The normalized spacial score (nSPS) is 20.4. The van der Waals surface area contributed by atoms with Crippen LogP contribution in [-0.2, 0) is 16.0 Å². The summed E-state index contributed by atoms with van der Waals surface area (Å²) < 4.78 is 5.57. The lowest BCUT2D eigenvalue weighted by Crippen LogP contribution is -2.16. The fourth-order valence-corrected chi connectivity index (χ4v) is 2.50. The van der Waals surface area contributed by atoms with Gasteiger partial charge in [0, 0.05) is 16.0 Å². The van der Waals surface area contributed by atoms with Gasteiger partial charge in [-0.05, 0) is 24.1 Å². The number of oxime groups is 1. The molecule has 1 aliphatic rings. The molecule has 5 heteroatoms. The molecule has 0 saturated heterocycles. The molecule has 1 aliphatic carbocycles. The van der Waals surface area contributed by atoms with Crippen molar-refractivity contribution in [2.24, 2.45) is 11.1 Å². The predicted octanol–water partition coefficient (Wildman–Crippen LogP) is 2.36. The Kier molecular flexibility index (Phi) is 3.47. The molecule has 4 nitrogen and oxygen atoms in total. The van der Waals surface area contributed by atoms with Gasteiger partial charge in [0.2, 0.25) is 0 Å². The molecule has 0 radical (unpaired) electrons. The van der Waals surface area contributed by atoms with Crippen molar-refractivity contribution in [1.82, 2.24) is 0 Å². The zero-order valence-electron chi connectivity index (χ0n) is 9.31. The highest BCUT2D eigenvalue weighted by Crippen LogP contribution is 2.31. The van der Waals surface area contributed by atoms with E-state index in [9.17, 15) is 4.79 Å². The van der Waals surface area contributed by atoms with Gasteiger partial charge < -0.3 is 9.94 Å². The highest BCUT2D eigenvalue weighted by atomic mass is 79.9. The molecule has 1 aromatic carbocycles. The van der Waals surface area contributed by atoms with E-state index in [0.717, 1.165) is 15.6 Å². The van der Waals surface area contributed by atoms with Crippen LogP contribution in [0, 0.1) is 5.92 Å². The predicted molar refractivity (Wildman–Crippen MR) is 66.3 cm³/mol. The van der Waals surface area contributed by atoms with E-state index < -0.39 is 0 Å². The van der Waals surface area contributed by atoms with Gasteiger partial charge in [-0.25, -0.2) is 0 Å². The molecule has 0 aromatic heterocycles. The smallest absolute Gasteiger partial charge is 0.306 e. The lowest BCUT2D eigenvalue weighted by molar-refractivity contribution is -0.141. The van der Waals surface area contributed by atoms with Crippen molar-refractivity contribution in [1.29, 1.82) is 0 Å². The van der Waals surface area contributed by atoms with Crippen molar-refractivity contribution in [3.05, 3.63) is 33.8 Å². The number of halogens is 1. The van der Waals surface area contributed by atoms with Crippen molar-refractivity contribution in [2.75, 3.05) is 7.11 Å². The Balaban J connectivity index is 2.29. The highest BCUT2D eigenvalue weighted by Gasteiger charge is 2.31. The Labute approximate surface area is 107 Å². The zero-order valence-corrected chi connectivity index (χ0v) is 10.9. The van der Waals surface area contributed by atoms with E-state index in [-0.39, 0.29) is 18.3 Å². The van der Waals surface area contributed by atoms with E-state index in [1.54, 1.807) is 0 Å². The molecule has 1 atom stereocenters. The molecule has 1 unspecified atom stereocenters. The van der Waals surface area contributed by atoms with E-state index in [1.807, 2.05) is 18.2 Å². The molecule has 90 valence electrons. The van der Waals surface area contributed by atoms with Gasteiger partial charge in [-0.1, -0.05) is 27.2 Å². The van der Waals surface area contributed by atoms with Gasteiger partial charge >= 0.3 is 5.97 Å². The van der Waals surface area contributed by atoms with Gasteiger partial charge in [-0.15, -0.1) is 0 Å². The van der Waals surface area contributed by atoms with E-state index in [2.05, 4.69) is 25.8 Å². The average Bonchev–Trinajstić information content (AvgIpc) is 2.65. The largest absolute Gasteiger partial charge is 0.469 e. The number of fused-ring (bicyclic) bond motifs is 1. The van der Waals surface area contributed by atoms with Gasteiger partial charge in [0.25, 0.3) is 0 Å². The third-order valence-corrected chi connectivity index (χ3v) is 3.44. The summed E-state index contributed by atoms with van der Waals surface area (Å²) in [5, 5.41) is 12.4. The topological polar surface area (TPSA) is 58.9 Å². The molecule has 17 heavy (non-hydrogen) atoms. The molecule has 0 heterocycles. The molecule has 2 rings (SSSR count). The summed E-state index contributed by atoms with van der Waals surface area (Å²) in [6, 6.07) is 5.82. The molecule has 0 spiro atoms. The molecule has 1 N–H and O–H groups in total. The van der Waals surface area contributed by atoms with E-state index in [4.69, 9.17) is 5.21 Å². The Hall–Kier alpha value is -1.36. The summed E-state index contributed by atoms with van der Waals surface area (Å²) in [4.78, 5) is 11.3. The number of esters is 1. The maximum atomic E-state index is 11.3. The number of rotatable bonds is 2.